The van der Waals surface area contributed by atoms with Crippen molar-refractivity contribution in [3.63, 3.8) is 0 Å². The van der Waals surface area contributed by atoms with Gasteiger partial charge in [-0.25, -0.2) is 0 Å². The van der Waals surface area contributed by atoms with Crippen LogP contribution in [0, 0.1) is 0 Å². The highest BCUT2D eigenvalue weighted by Gasteiger charge is 2.33. The first kappa shape index (κ1) is 18.8. The lowest BCUT2D eigenvalue weighted by Gasteiger charge is -2.46. The van der Waals surface area contributed by atoms with E-state index in [0.29, 0.717) is 18.1 Å². The second-order valence-electron chi connectivity index (χ2n) is 7.16. The first-order valence-corrected chi connectivity index (χ1v) is 8.63. The number of nitrogens with zero attached hydrogens (tertiary/aromatic N) is 6. The van der Waals surface area contributed by atoms with Crippen LogP contribution in [0.25, 0.3) is 5.69 Å². The Morgan fingerprint density at radius 2 is 1.96 bits per heavy atom. The van der Waals surface area contributed by atoms with Crippen molar-refractivity contribution in [1.82, 2.24) is 30.0 Å². The highest BCUT2D eigenvalue weighted by Crippen LogP contribution is 2.30. The summed E-state index contributed by atoms with van der Waals surface area (Å²) >= 11 is 0. The van der Waals surface area contributed by atoms with Gasteiger partial charge < -0.3 is 0 Å². The highest BCUT2D eigenvalue weighted by molar-refractivity contribution is 5.36. The van der Waals surface area contributed by atoms with E-state index in [4.69, 9.17) is 0 Å². The molecule has 1 aromatic heterocycles. The summed E-state index contributed by atoms with van der Waals surface area (Å²) < 4.78 is 40.3. The van der Waals surface area contributed by atoms with E-state index >= 15 is 0 Å². The highest BCUT2D eigenvalue weighted by atomic mass is 19.4. The van der Waals surface area contributed by atoms with Gasteiger partial charge in [-0.15, -0.1) is 5.10 Å². The van der Waals surface area contributed by atoms with E-state index in [1.165, 1.54) is 10.7 Å². The Morgan fingerprint density at radius 1 is 1.19 bits per heavy atom. The maximum absolute atomic E-state index is 13.0. The molecule has 0 spiro atoms. The molecule has 142 valence electrons. The van der Waals surface area contributed by atoms with E-state index in [-0.39, 0.29) is 5.54 Å². The monoisotopic (exact) mass is 368 g/mol. The van der Waals surface area contributed by atoms with Gasteiger partial charge in [0.15, 0.2) is 5.82 Å². The van der Waals surface area contributed by atoms with Crippen molar-refractivity contribution >= 4 is 0 Å². The minimum absolute atomic E-state index is 0.0292. The molecule has 1 aromatic carbocycles. The molecule has 1 aliphatic heterocycles. The van der Waals surface area contributed by atoms with Gasteiger partial charge in [-0.05, 0) is 49.0 Å². The van der Waals surface area contributed by atoms with Crippen molar-refractivity contribution in [3.8, 4) is 5.69 Å². The maximum Gasteiger partial charge on any atom is 0.416 e. The Morgan fingerprint density at radius 3 is 2.62 bits per heavy atom. The van der Waals surface area contributed by atoms with Crippen molar-refractivity contribution in [2.75, 3.05) is 26.2 Å². The van der Waals surface area contributed by atoms with Gasteiger partial charge in [0.25, 0.3) is 0 Å². The van der Waals surface area contributed by atoms with Crippen molar-refractivity contribution in [2.24, 2.45) is 0 Å². The van der Waals surface area contributed by atoms with Gasteiger partial charge in [0.2, 0.25) is 0 Å². The van der Waals surface area contributed by atoms with E-state index in [2.05, 4.69) is 46.1 Å². The minimum Gasteiger partial charge on any atom is -0.296 e. The fraction of sp³-hybridized carbons (Fsp3) is 0.588. The van der Waals surface area contributed by atoms with Gasteiger partial charge in [-0.1, -0.05) is 13.0 Å². The molecule has 1 fully saturated rings. The summed E-state index contributed by atoms with van der Waals surface area (Å²) in [5, 5.41) is 11.6. The summed E-state index contributed by atoms with van der Waals surface area (Å²) in [6.07, 6.45) is -4.40. The number of likely N-dealkylation sites (N-methyl/N-ethyl adjacent to an activating group) is 1. The molecular weight excluding hydrogens is 345 g/mol. The molecule has 0 N–H and O–H groups in total. The molecule has 2 aromatic rings. The molecule has 0 saturated carbocycles. The van der Waals surface area contributed by atoms with Crippen LogP contribution in [0.4, 0.5) is 13.2 Å². The molecule has 0 amide bonds. The molecule has 0 unspecified atom stereocenters. The molecule has 6 nitrogen and oxygen atoms in total. The summed E-state index contributed by atoms with van der Waals surface area (Å²) in [6.45, 7) is 10.7. The fourth-order valence-electron chi connectivity index (χ4n) is 3.53. The quantitative estimate of drug-likeness (QED) is 0.830. The van der Waals surface area contributed by atoms with Crippen molar-refractivity contribution in [3.05, 3.63) is 35.7 Å². The summed E-state index contributed by atoms with van der Waals surface area (Å²) in [5.74, 6) is 0.532. The van der Waals surface area contributed by atoms with Crippen LogP contribution in [0.1, 0.15) is 32.2 Å². The Bertz CT molecular complexity index is 755. The fourth-order valence-corrected chi connectivity index (χ4v) is 3.53. The van der Waals surface area contributed by atoms with Crippen LogP contribution < -0.4 is 0 Å². The molecular formula is C17H23F3N6. The number of rotatable bonds is 4. The zero-order valence-corrected chi connectivity index (χ0v) is 15.2. The molecule has 3 rings (SSSR count). The van der Waals surface area contributed by atoms with E-state index < -0.39 is 11.7 Å². The van der Waals surface area contributed by atoms with Crippen LogP contribution in [0.15, 0.2) is 24.3 Å². The molecule has 26 heavy (non-hydrogen) atoms. The number of tetrazole rings is 1. The van der Waals surface area contributed by atoms with Crippen LogP contribution in [0.5, 0.6) is 0 Å². The average molecular weight is 368 g/mol. The van der Waals surface area contributed by atoms with Crippen molar-refractivity contribution < 1.29 is 13.2 Å². The van der Waals surface area contributed by atoms with Crippen LogP contribution in [0.2, 0.25) is 0 Å². The summed E-state index contributed by atoms with van der Waals surface area (Å²) in [4.78, 5) is 4.65. The first-order valence-electron chi connectivity index (χ1n) is 8.63. The largest absolute Gasteiger partial charge is 0.416 e. The zero-order valence-electron chi connectivity index (χ0n) is 15.2. The first-order chi connectivity index (χ1) is 12.2. The lowest BCUT2D eigenvalue weighted by Crippen LogP contribution is -2.58. The third-order valence-electron chi connectivity index (χ3n) is 4.85. The summed E-state index contributed by atoms with van der Waals surface area (Å²) in [5.41, 5.74) is -0.373. The normalized spacial score (nSPS) is 19.0. The van der Waals surface area contributed by atoms with Gasteiger partial charge in [-0.3, -0.25) is 9.80 Å². The van der Waals surface area contributed by atoms with Gasteiger partial charge in [0.1, 0.15) is 0 Å². The summed E-state index contributed by atoms with van der Waals surface area (Å²) in [6, 6.07) is 5.06. The number of hydrogen-bond donors (Lipinski definition) is 0. The van der Waals surface area contributed by atoms with Crippen LogP contribution in [-0.4, -0.2) is 61.7 Å². The molecule has 0 aliphatic carbocycles. The third-order valence-corrected chi connectivity index (χ3v) is 4.85. The Labute approximate surface area is 150 Å². The standard InChI is InChI=1S/C17H23F3N6/c1-4-25-9-8-24(12-16(25,2)3)11-15-21-22-23-26(15)14-7-5-6-13(10-14)17(18,19)20/h5-7,10H,4,8-9,11-12H2,1-3H3. The average Bonchev–Trinajstić information content (AvgIpc) is 3.01. The van der Waals surface area contributed by atoms with Crippen molar-refractivity contribution in [1.29, 1.82) is 0 Å². The van der Waals surface area contributed by atoms with Gasteiger partial charge in [0.05, 0.1) is 17.8 Å². The Hall–Kier alpha value is -2.00. The van der Waals surface area contributed by atoms with Crippen LogP contribution in [-0.2, 0) is 12.7 Å². The molecule has 1 aliphatic rings. The molecule has 0 bridgehead atoms. The Balaban J connectivity index is 1.80. The Kier molecular flexibility index (Phi) is 5.03. The number of piperazine rings is 1. The van der Waals surface area contributed by atoms with Crippen LogP contribution >= 0.6 is 0 Å². The molecule has 0 atom stereocenters. The molecule has 0 radical (unpaired) electrons. The lowest BCUT2D eigenvalue weighted by molar-refractivity contribution is -0.137. The molecule has 9 heteroatoms. The van der Waals surface area contributed by atoms with E-state index in [1.807, 2.05) is 0 Å². The van der Waals surface area contributed by atoms with Crippen molar-refractivity contribution in [2.45, 2.75) is 39.0 Å². The smallest absolute Gasteiger partial charge is 0.296 e. The third kappa shape index (κ3) is 3.88. The second kappa shape index (κ2) is 6.96. The lowest BCUT2D eigenvalue weighted by atomic mass is 9.99. The summed E-state index contributed by atoms with van der Waals surface area (Å²) in [7, 11) is 0. The minimum atomic E-state index is -4.40. The predicted octanol–water partition coefficient (Wildman–Crippen LogP) is 2.60. The van der Waals surface area contributed by atoms with E-state index in [0.717, 1.165) is 38.3 Å². The molecule has 1 saturated heterocycles. The SMILES string of the molecule is CCN1CCN(Cc2nnnn2-c2cccc(C(F)(F)F)c2)CC1(C)C. The second-order valence-corrected chi connectivity index (χ2v) is 7.16. The number of alkyl halides is 3. The van der Waals surface area contributed by atoms with Gasteiger partial charge in [-0.2, -0.15) is 17.9 Å². The van der Waals surface area contributed by atoms with Crippen LogP contribution in [0.3, 0.4) is 0 Å². The number of hydrogen-bond acceptors (Lipinski definition) is 5. The zero-order chi connectivity index (χ0) is 18.9. The predicted molar refractivity (Wildman–Crippen MR) is 90.8 cm³/mol. The van der Waals surface area contributed by atoms with E-state index in [1.54, 1.807) is 6.07 Å². The number of aromatic nitrogens is 4. The van der Waals surface area contributed by atoms with Gasteiger partial charge >= 0.3 is 6.18 Å². The molecule has 2 heterocycles. The number of halogens is 3. The van der Waals surface area contributed by atoms with Gasteiger partial charge in [0, 0.05) is 25.2 Å². The maximum atomic E-state index is 13.0. The topological polar surface area (TPSA) is 50.1 Å². The number of benzene rings is 1. The van der Waals surface area contributed by atoms with E-state index in [9.17, 15) is 13.2 Å².